The minimum atomic E-state index is -1.03. The van der Waals surface area contributed by atoms with E-state index in [0.717, 1.165) is 28.0 Å². The summed E-state index contributed by atoms with van der Waals surface area (Å²) in [5.41, 5.74) is 4.24. The highest BCUT2D eigenvalue weighted by molar-refractivity contribution is 7.99. The normalized spacial score (nSPS) is 17.2. The Hall–Kier alpha value is -5.20. The highest BCUT2D eigenvalue weighted by Gasteiger charge is 2.32. The van der Waals surface area contributed by atoms with Crippen LogP contribution in [-0.4, -0.2) is 39.1 Å². The molecule has 0 unspecified atom stereocenters. The third-order valence-electron chi connectivity index (χ3n) is 7.82. The van der Waals surface area contributed by atoms with Crippen LogP contribution in [0.1, 0.15) is 51.4 Å². The molecule has 0 bridgehead atoms. The molecular weight excluding hydrogens is 642 g/mol. The molecule has 4 aromatic carbocycles. The van der Waals surface area contributed by atoms with E-state index >= 15 is 0 Å². The van der Waals surface area contributed by atoms with Crippen molar-refractivity contribution in [2.24, 2.45) is 0 Å². The lowest BCUT2D eigenvalue weighted by Crippen LogP contribution is -2.31. The molecule has 0 aliphatic carbocycles. The number of thioether (sulfide) groups is 1. The van der Waals surface area contributed by atoms with Gasteiger partial charge < -0.3 is 35.1 Å². The molecule has 6 rings (SSSR count). The monoisotopic (exact) mass is 677 g/mol. The van der Waals surface area contributed by atoms with Crippen LogP contribution in [0.4, 0.5) is 10.5 Å². The summed E-state index contributed by atoms with van der Waals surface area (Å²) in [7, 11) is 0. The minimum absolute atomic E-state index is 0.0482. The van der Waals surface area contributed by atoms with Crippen molar-refractivity contribution in [3.8, 4) is 11.5 Å². The number of nitrogens with one attached hydrogen (secondary N) is 2. The van der Waals surface area contributed by atoms with E-state index in [1.165, 1.54) is 17.8 Å². The number of benzene rings is 4. The van der Waals surface area contributed by atoms with Gasteiger partial charge in [-0.1, -0.05) is 66.7 Å². The number of aliphatic hydroxyl groups is 1. The fourth-order valence-electron chi connectivity index (χ4n) is 5.24. The van der Waals surface area contributed by atoms with Gasteiger partial charge in [0.05, 0.1) is 24.4 Å². The molecule has 1 aromatic heterocycles. The zero-order chi connectivity index (χ0) is 34.0. The molecule has 11 heteroatoms. The summed E-state index contributed by atoms with van der Waals surface area (Å²) in [6.45, 7) is 0.260. The van der Waals surface area contributed by atoms with E-state index in [1.807, 2.05) is 78.9 Å². The van der Waals surface area contributed by atoms with Crippen molar-refractivity contribution in [3.63, 3.8) is 0 Å². The molecule has 2 amide bonds. The zero-order valence-corrected chi connectivity index (χ0v) is 27.2. The fraction of sp³-hybridized carbons (Fsp3) is 0.184. The highest BCUT2D eigenvalue weighted by Crippen LogP contribution is 2.39. The van der Waals surface area contributed by atoms with Gasteiger partial charge >= 0.3 is 12.0 Å². The molecule has 3 atom stereocenters. The number of aliphatic hydroxyl groups excluding tert-OH is 1. The number of carbonyl (C=O) groups is 2. The lowest BCUT2D eigenvalue weighted by atomic mass is 10.0. The van der Waals surface area contributed by atoms with Crippen molar-refractivity contribution < 1.29 is 34.0 Å². The van der Waals surface area contributed by atoms with Crippen molar-refractivity contribution in [2.45, 2.75) is 43.1 Å². The average molecular weight is 678 g/mol. The number of pyridine rings is 1. The molecule has 5 aromatic rings. The third-order valence-corrected chi connectivity index (χ3v) is 8.96. The van der Waals surface area contributed by atoms with Crippen LogP contribution in [0.3, 0.4) is 0 Å². The van der Waals surface area contributed by atoms with Crippen molar-refractivity contribution in [1.29, 1.82) is 0 Å². The smallest absolute Gasteiger partial charge is 0.338 e. The summed E-state index contributed by atoms with van der Waals surface area (Å²) >= 11 is 1.34. The Morgan fingerprint density at radius 3 is 2.22 bits per heavy atom. The number of urea groups is 1. The summed E-state index contributed by atoms with van der Waals surface area (Å²) < 4.78 is 18.6. The second-order valence-corrected chi connectivity index (χ2v) is 12.3. The van der Waals surface area contributed by atoms with Crippen LogP contribution in [0.25, 0.3) is 0 Å². The van der Waals surface area contributed by atoms with Crippen molar-refractivity contribution in [1.82, 2.24) is 10.3 Å². The Labute approximate surface area is 288 Å². The van der Waals surface area contributed by atoms with E-state index in [9.17, 15) is 19.8 Å². The maximum atomic E-state index is 12.6. The Morgan fingerprint density at radius 2 is 1.51 bits per heavy atom. The van der Waals surface area contributed by atoms with Gasteiger partial charge in [-0.3, -0.25) is 0 Å². The molecule has 1 saturated heterocycles. The zero-order valence-electron chi connectivity index (χ0n) is 26.4. The number of para-hydroxylation sites is 1. The quantitative estimate of drug-likeness (QED) is 0.0978. The summed E-state index contributed by atoms with van der Waals surface area (Å²) in [6, 6.07) is 34.7. The van der Waals surface area contributed by atoms with Crippen LogP contribution in [0.5, 0.6) is 11.5 Å². The molecule has 2 heterocycles. The second kappa shape index (κ2) is 16.3. The van der Waals surface area contributed by atoms with Crippen LogP contribution in [0.2, 0.25) is 0 Å². The van der Waals surface area contributed by atoms with Gasteiger partial charge in [0.15, 0.2) is 6.29 Å². The molecule has 10 nitrogen and oxygen atoms in total. The number of ether oxygens (including phenoxy) is 3. The standard InChI is InChI=1S/C38H35N3O7S/c42-23-26-10-12-27(13-11-26)34-21-32(24-49-35-33(36(43)44)7-4-20-39-35)47-37(48-34)28-14-8-25(9-15-28)22-40-38(45)41-29-16-18-31(19-17-29)46-30-5-2-1-3-6-30/h1-20,32,34,37,42H,21-24H2,(H,43,44)(H2,40,41,45)/t32-,34+,37+/m1/s1. The van der Waals surface area contributed by atoms with Crippen LogP contribution >= 0.6 is 11.8 Å². The van der Waals surface area contributed by atoms with Gasteiger partial charge in [-0.05, 0) is 65.2 Å². The highest BCUT2D eigenvalue weighted by atomic mass is 32.2. The number of anilines is 1. The topological polar surface area (TPSA) is 139 Å². The molecule has 250 valence electrons. The molecular formula is C38H35N3O7S. The average Bonchev–Trinajstić information content (AvgIpc) is 3.14. The van der Waals surface area contributed by atoms with E-state index in [1.54, 1.807) is 36.5 Å². The maximum Gasteiger partial charge on any atom is 0.338 e. The van der Waals surface area contributed by atoms with Gasteiger partial charge in [-0.2, -0.15) is 0 Å². The number of rotatable bonds is 12. The number of hydrogen-bond acceptors (Lipinski definition) is 8. The van der Waals surface area contributed by atoms with Gasteiger partial charge in [0, 0.05) is 36.2 Å². The Kier molecular flexibility index (Phi) is 11.2. The number of aromatic carboxylic acids is 1. The molecule has 0 saturated carbocycles. The number of carbonyl (C=O) groups excluding carboxylic acids is 1. The third kappa shape index (κ3) is 9.24. The van der Waals surface area contributed by atoms with Crippen molar-refractivity contribution >= 4 is 29.4 Å². The molecule has 1 aliphatic rings. The lowest BCUT2D eigenvalue weighted by Gasteiger charge is -2.36. The largest absolute Gasteiger partial charge is 0.478 e. The Morgan fingerprint density at radius 1 is 0.816 bits per heavy atom. The number of amides is 2. The van der Waals surface area contributed by atoms with Gasteiger partial charge in [-0.15, -0.1) is 11.8 Å². The first-order valence-electron chi connectivity index (χ1n) is 15.7. The van der Waals surface area contributed by atoms with E-state index in [2.05, 4.69) is 15.6 Å². The van der Waals surface area contributed by atoms with E-state index in [0.29, 0.717) is 35.2 Å². The number of carboxylic acids is 1. The minimum Gasteiger partial charge on any atom is -0.478 e. The molecule has 4 N–H and O–H groups in total. The van der Waals surface area contributed by atoms with E-state index < -0.39 is 12.3 Å². The molecule has 1 fully saturated rings. The lowest BCUT2D eigenvalue weighted by molar-refractivity contribution is -0.245. The van der Waals surface area contributed by atoms with Gasteiger partial charge in [-0.25, -0.2) is 14.6 Å². The summed E-state index contributed by atoms with van der Waals surface area (Å²) in [5.74, 6) is 0.846. The van der Waals surface area contributed by atoms with Gasteiger partial charge in [0.1, 0.15) is 16.5 Å². The number of aromatic nitrogens is 1. The van der Waals surface area contributed by atoms with Crippen molar-refractivity contribution in [3.05, 3.63) is 149 Å². The maximum absolute atomic E-state index is 12.6. The van der Waals surface area contributed by atoms with E-state index in [-0.39, 0.29) is 30.4 Å². The van der Waals surface area contributed by atoms with Crippen LogP contribution in [0, 0.1) is 0 Å². The fourth-order valence-corrected chi connectivity index (χ4v) is 6.25. The number of carboxylic acid groups (broad SMARTS) is 1. The first-order valence-corrected chi connectivity index (χ1v) is 16.7. The Bertz CT molecular complexity index is 1840. The SMILES string of the molecule is O=C(NCc1ccc([C@H]2O[C@@H](CSc3ncccc3C(=O)O)C[C@@H](c3ccc(CO)cc3)O2)cc1)Nc1ccc(Oc2ccccc2)cc1. The molecule has 0 radical (unpaired) electrons. The predicted molar refractivity (Wildman–Crippen MR) is 186 cm³/mol. The summed E-state index contributed by atoms with van der Waals surface area (Å²) in [5, 5.41) is 25.2. The molecule has 1 aliphatic heterocycles. The molecule has 49 heavy (non-hydrogen) atoms. The number of hydrogen-bond donors (Lipinski definition) is 4. The van der Waals surface area contributed by atoms with Crippen molar-refractivity contribution in [2.75, 3.05) is 11.1 Å². The summed E-state index contributed by atoms with van der Waals surface area (Å²) in [6.07, 6.45) is 0.900. The van der Waals surface area contributed by atoms with E-state index in [4.69, 9.17) is 14.2 Å². The Balaban J connectivity index is 1.07. The van der Waals surface area contributed by atoms with Gasteiger partial charge in [0.2, 0.25) is 0 Å². The first kappa shape index (κ1) is 33.7. The van der Waals surface area contributed by atoms with Crippen LogP contribution < -0.4 is 15.4 Å². The first-order chi connectivity index (χ1) is 23.9. The summed E-state index contributed by atoms with van der Waals surface area (Å²) in [4.78, 5) is 28.6. The van der Waals surface area contributed by atoms with Crippen LogP contribution in [0.15, 0.2) is 126 Å². The van der Waals surface area contributed by atoms with Crippen LogP contribution in [-0.2, 0) is 22.6 Å². The van der Waals surface area contributed by atoms with Gasteiger partial charge in [0.25, 0.3) is 0 Å². The number of nitrogens with zero attached hydrogens (tertiary/aromatic N) is 1. The second-order valence-electron chi connectivity index (χ2n) is 11.3. The molecule has 0 spiro atoms. The predicted octanol–water partition coefficient (Wildman–Crippen LogP) is 7.72.